The molecule has 0 bridgehead atoms. The maximum Gasteiger partial charge on any atom is 0.264 e. The van der Waals surface area contributed by atoms with Crippen molar-refractivity contribution in [3.63, 3.8) is 0 Å². The summed E-state index contributed by atoms with van der Waals surface area (Å²) >= 11 is 0. The van der Waals surface area contributed by atoms with Crippen LogP contribution >= 0.6 is 0 Å². The summed E-state index contributed by atoms with van der Waals surface area (Å²) in [6.07, 6.45) is 5.18. The van der Waals surface area contributed by atoms with Gasteiger partial charge in [-0.2, -0.15) is 0 Å². The molecule has 3 aromatic rings. The standard InChI is InChI=1S/C35H45N3O4S/c1-25(2)30-16-18-32(19-17-30)38(43(41,42)33-20-14-26(3)15-21-33)24-34(39)37(23-29-11-9-10-27(4)22-29)28(5)35(40)36-31-12-7-6-8-13-31/h9-11,14-22,25,28,31H,6-8,12-13,23-24H2,1-5H3,(H,36,40)/t28-/m0/s1. The molecule has 0 aliphatic heterocycles. The molecule has 8 heteroatoms. The second-order valence-corrected chi connectivity index (χ2v) is 14.0. The van der Waals surface area contributed by atoms with Gasteiger partial charge in [0.1, 0.15) is 12.6 Å². The van der Waals surface area contributed by atoms with Gasteiger partial charge in [-0.3, -0.25) is 13.9 Å². The fraction of sp³-hybridized carbons (Fsp3) is 0.429. The second kappa shape index (κ2) is 14.2. The summed E-state index contributed by atoms with van der Waals surface area (Å²) in [5, 5.41) is 3.15. The Hall–Kier alpha value is -3.65. The highest BCUT2D eigenvalue weighted by Gasteiger charge is 2.33. The van der Waals surface area contributed by atoms with Gasteiger partial charge in [-0.25, -0.2) is 8.42 Å². The van der Waals surface area contributed by atoms with E-state index in [1.165, 1.54) is 15.6 Å². The fourth-order valence-corrected chi connectivity index (χ4v) is 6.96. The van der Waals surface area contributed by atoms with Gasteiger partial charge < -0.3 is 10.2 Å². The molecule has 1 fully saturated rings. The summed E-state index contributed by atoms with van der Waals surface area (Å²) in [5.41, 5.74) is 4.31. The van der Waals surface area contributed by atoms with E-state index in [2.05, 4.69) is 19.2 Å². The molecular weight excluding hydrogens is 558 g/mol. The topological polar surface area (TPSA) is 86.8 Å². The predicted molar refractivity (Wildman–Crippen MR) is 172 cm³/mol. The van der Waals surface area contributed by atoms with Crippen LogP contribution in [0.2, 0.25) is 0 Å². The number of aryl methyl sites for hydroxylation is 2. The Morgan fingerprint density at radius 2 is 1.51 bits per heavy atom. The molecule has 7 nitrogen and oxygen atoms in total. The van der Waals surface area contributed by atoms with Crippen molar-refractivity contribution in [1.29, 1.82) is 0 Å². The molecule has 0 saturated heterocycles. The first-order chi connectivity index (χ1) is 20.5. The first-order valence-electron chi connectivity index (χ1n) is 15.3. The van der Waals surface area contributed by atoms with E-state index in [-0.39, 0.29) is 29.3 Å². The van der Waals surface area contributed by atoms with Crippen molar-refractivity contribution >= 4 is 27.5 Å². The highest BCUT2D eigenvalue weighted by molar-refractivity contribution is 7.92. The van der Waals surface area contributed by atoms with Crippen LogP contribution in [0, 0.1) is 13.8 Å². The summed E-state index contributed by atoms with van der Waals surface area (Å²) in [6.45, 7) is 9.48. The van der Waals surface area contributed by atoms with Crippen LogP contribution in [0.1, 0.15) is 81.0 Å². The van der Waals surface area contributed by atoms with E-state index in [1.807, 2.05) is 50.2 Å². The minimum Gasteiger partial charge on any atom is -0.352 e. The van der Waals surface area contributed by atoms with Gasteiger partial charge in [-0.05, 0) is 74.9 Å². The lowest BCUT2D eigenvalue weighted by Crippen LogP contribution is -2.53. The van der Waals surface area contributed by atoms with Crippen molar-refractivity contribution in [2.24, 2.45) is 0 Å². The molecule has 3 aromatic carbocycles. The SMILES string of the molecule is Cc1ccc(S(=O)(=O)N(CC(=O)N(Cc2cccc(C)c2)[C@@H](C)C(=O)NC2CCCCC2)c2ccc(C(C)C)cc2)cc1. The van der Waals surface area contributed by atoms with Crippen molar-refractivity contribution in [3.8, 4) is 0 Å². The smallest absolute Gasteiger partial charge is 0.264 e. The summed E-state index contributed by atoms with van der Waals surface area (Å²) < 4.78 is 29.3. The quantitative estimate of drug-likeness (QED) is 0.272. The lowest BCUT2D eigenvalue weighted by molar-refractivity contribution is -0.139. The van der Waals surface area contributed by atoms with E-state index in [0.29, 0.717) is 5.69 Å². The van der Waals surface area contributed by atoms with Crippen LogP contribution in [-0.4, -0.2) is 43.8 Å². The Bertz CT molecular complexity index is 1490. The molecule has 2 amide bonds. The number of nitrogens with zero attached hydrogens (tertiary/aromatic N) is 2. The van der Waals surface area contributed by atoms with Gasteiger partial charge in [0.2, 0.25) is 11.8 Å². The van der Waals surface area contributed by atoms with Crippen molar-refractivity contribution in [3.05, 3.63) is 95.1 Å². The van der Waals surface area contributed by atoms with E-state index in [0.717, 1.165) is 47.9 Å². The summed E-state index contributed by atoms with van der Waals surface area (Å²) in [5.74, 6) is -0.398. The third-order valence-corrected chi connectivity index (χ3v) is 10.1. The fourth-order valence-electron chi connectivity index (χ4n) is 5.55. The van der Waals surface area contributed by atoms with E-state index >= 15 is 0 Å². The van der Waals surface area contributed by atoms with Gasteiger partial charge >= 0.3 is 0 Å². The zero-order chi connectivity index (χ0) is 31.1. The average molecular weight is 604 g/mol. The molecule has 0 heterocycles. The van der Waals surface area contributed by atoms with Crippen molar-refractivity contribution in [2.75, 3.05) is 10.8 Å². The Morgan fingerprint density at radius 3 is 2.12 bits per heavy atom. The van der Waals surface area contributed by atoms with Gasteiger partial charge in [0, 0.05) is 12.6 Å². The largest absolute Gasteiger partial charge is 0.352 e. The van der Waals surface area contributed by atoms with Crippen LogP contribution in [0.25, 0.3) is 0 Å². The van der Waals surface area contributed by atoms with Gasteiger partial charge in [-0.1, -0.05) is 92.8 Å². The van der Waals surface area contributed by atoms with Gasteiger partial charge in [0.25, 0.3) is 10.0 Å². The van der Waals surface area contributed by atoms with Gasteiger partial charge in [0.15, 0.2) is 0 Å². The van der Waals surface area contributed by atoms with E-state index in [4.69, 9.17) is 0 Å². The first-order valence-corrected chi connectivity index (χ1v) is 16.7. The number of anilines is 1. The minimum atomic E-state index is -4.10. The number of sulfonamides is 1. The molecule has 43 heavy (non-hydrogen) atoms. The van der Waals surface area contributed by atoms with Crippen molar-refractivity contribution < 1.29 is 18.0 Å². The molecule has 0 unspecified atom stereocenters. The molecule has 4 rings (SSSR count). The first kappa shape index (κ1) is 32.3. The van der Waals surface area contributed by atoms with Gasteiger partial charge in [-0.15, -0.1) is 0 Å². The summed E-state index contributed by atoms with van der Waals surface area (Å²) in [6, 6.07) is 21.0. The molecule has 230 valence electrons. The Kier molecular flexibility index (Phi) is 10.7. The van der Waals surface area contributed by atoms with Crippen molar-refractivity contribution in [1.82, 2.24) is 10.2 Å². The van der Waals surface area contributed by atoms with E-state index in [9.17, 15) is 18.0 Å². The molecule has 1 N–H and O–H groups in total. The molecule has 0 spiro atoms. The molecule has 1 atom stereocenters. The Morgan fingerprint density at radius 1 is 0.860 bits per heavy atom. The zero-order valence-electron chi connectivity index (χ0n) is 26.0. The molecule has 1 aliphatic carbocycles. The average Bonchev–Trinajstić information content (AvgIpc) is 2.99. The maximum absolute atomic E-state index is 14.2. The van der Waals surface area contributed by atoms with Crippen LogP contribution < -0.4 is 9.62 Å². The molecule has 0 aromatic heterocycles. The van der Waals surface area contributed by atoms with E-state index < -0.39 is 28.5 Å². The number of amides is 2. The van der Waals surface area contributed by atoms with Gasteiger partial charge in [0.05, 0.1) is 10.6 Å². The molecular formula is C35H45N3O4S. The second-order valence-electron chi connectivity index (χ2n) is 12.1. The highest BCUT2D eigenvalue weighted by Crippen LogP contribution is 2.27. The minimum absolute atomic E-state index is 0.0949. The summed E-state index contributed by atoms with van der Waals surface area (Å²) in [4.78, 5) is 29.3. The van der Waals surface area contributed by atoms with E-state index in [1.54, 1.807) is 43.3 Å². The number of nitrogens with one attached hydrogen (secondary N) is 1. The summed E-state index contributed by atoms with van der Waals surface area (Å²) in [7, 11) is -4.10. The van der Waals surface area contributed by atoms with Crippen LogP contribution in [0.5, 0.6) is 0 Å². The van der Waals surface area contributed by atoms with Crippen LogP contribution in [0.15, 0.2) is 77.7 Å². The Labute approximate surface area is 257 Å². The zero-order valence-corrected chi connectivity index (χ0v) is 26.9. The third-order valence-electron chi connectivity index (χ3n) is 8.29. The van der Waals surface area contributed by atoms with Crippen molar-refractivity contribution in [2.45, 2.75) is 96.2 Å². The number of rotatable bonds is 11. The Balaban J connectivity index is 1.69. The number of benzene rings is 3. The highest BCUT2D eigenvalue weighted by atomic mass is 32.2. The number of carbonyl (C=O) groups excluding carboxylic acids is 2. The monoisotopic (exact) mass is 603 g/mol. The molecule has 1 aliphatic rings. The van der Waals surface area contributed by atoms with Crippen LogP contribution in [-0.2, 0) is 26.2 Å². The lowest BCUT2D eigenvalue weighted by Gasteiger charge is -2.33. The molecule has 0 radical (unpaired) electrons. The van der Waals surface area contributed by atoms with Crippen LogP contribution in [0.4, 0.5) is 5.69 Å². The number of carbonyl (C=O) groups is 2. The van der Waals surface area contributed by atoms with Crippen LogP contribution in [0.3, 0.4) is 0 Å². The normalized spacial score (nSPS) is 14.7. The number of hydrogen-bond acceptors (Lipinski definition) is 4. The number of hydrogen-bond donors (Lipinski definition) is 1. The predicted octanol–water partition coefficient (Wildman–Crippen LogP) is 6.49. The lowest BCUT2D eigenvalue weighted by atomic mass is 9.95. The third kappa shape index (κ3) is 8.25. The molecule has 1 saturated carbocycles. The maximum atomic E-state index is 14.2.